The molecule has 1 fully saturated rings. The lowest BCUT2D eigenvalue weighted by Gasteiger charge is -2.49. The molecule has 2 rings (SSSR count). The van der Waals surface area contributed by atoms with Gasteiger partial charge in [-0.1, -0.05) is 15.9 Å². The Balaban J connectivity index is 2.12. The first kappa shape index (κ1) is 15.9. The highest BCUT2D eigenvalue weighted by molar-refractivity contribution is 9.10. The largest absolute Gasteiger partial charge is 0.340 e. The smallest absolute Gasteiger partial charge is 0.254 e. The van der Waals surface area contributed by atoms with Gasteiger partial charge in [0.15, 0.2) is 0 Å². The lowest BCUT2D eigenvalue weighted by atomic mass is 9.75. The van der Waals surface area contributed by atoms with E-state index in [9.17, 15) is 4.79 Å². The summed E-state index contributed by atoms with van der Waals surface area (Å²) in [5.74, 6) is 0.0376. The molecule has 0 heterocycles. The fraction of sp³-hybridized carbons (Fsp3) is 0.533. The molecule has 0 saturated heterocycles. The molecule has 0 unspecified atom stereocenters. The van der Waals surface area contributed by atoms with Gasteiger partial charge in [-0.25, -0.2) is 0 Å². The van der Waals surface area contributed by atoms with Crippen molar-refractivity contribution in [2.24, 2.45) is 0 Å². The molecule has 1 saturated carbocycles. The first-order valence-corrected chi connectivity index (χ1v) is 8.01. The fourth-order valence-electron chi connectivity index (χ4n) is 2.74. The van der Waals surface area contributed by atoms with E-state index in [1.807, 2.05) is 30.1 Å². The van der Waals surface area contributed by atoms with E-state index in [1.54, 1.807) is 0 Å². The Morgan fingerprint density at radius 3 is 2.45 bits per heavy atom. The van der Waals surface area contributed by atoms with Gasteiger partial charge in [-0.2, -0.15) is 0 Å². The van der Waals surface area contributed by atoms with Crippen LogP contribution < -0.4 is 0 Å². The van der Waals surface area contributed by atoms with Crippen LogP contribution in [0.15, 0.2) is 27.6 Å². The Morgan fingerprint density at radius 2 is 2.00 bits per heavy atom. The zero-order valence-corrected chi connectivity index (χ0v) is 14.7. The minimum Gasteiger partial charge on any atom is -0.340 e. The Hall–Kier alpha value is -0.520. The second-order valence-electron chi connectivity index (χ2n) is 5.80. The van der Waals surface area contributed by atoms with Gasteiger partial charge in [-0.15, -0.1) is 12.6 Å². The van der Waals surface area contributed by atoms with Crippen molar-refractivity contribution < 1.29 is 4.79 Å². The Bertz CT molecular complexity index is 515. The van der Waals surface area contributed by atoms with E-state index in [-0.39, 0.29) is 11.4 Å². The van der Waals surface area contributed by atoms with Crippen molar-refractivity contribution in [2.75, 3.05) is 27.7 Å². The minimum atomic E-state index is 0.0376. The number of carbonyl (C=O) groups is 1. The van der Waals surface area contributed by atoms with Gasteiger partial charge in [0.05, 0.1) is 5.56 Å². The highest BCUT2D eigenvalue weighted by atomic mass is 79.9. The van der Waals surface area contributed by atoms with Gasteiger partial charge in [0.1, 0.15) is 0 Å². The van der Waals surface area contributed by atoms with E-state index < -0.39 is 0 Å². The number of benzene rings is 1. The fourth-order valence-corrected chi connectivity index (χ4v) is 3.58. The van der Waals surface area contributed by atoms with Gasteiger partial charge in [0, 0.05) is 28.5 Å². The number of hydrogen-bond donors (Lipinski definition) is 1. The maximum atomic E-state index is 12.6. The molecule has 0 spiro atoms. The molecule has 1 aliphatic rings. The normalized spacial score (nSPS) is 16.9. The van der Waals surface area contributed by atoms with Crippen LogP contribution in [0.2, 0.25) is 0 Å². The van der Waals surface area contributed by atoms with Crippen LogP contribution >= 0.6 is 28.6 Å². The van der Waals surface area contributed by atoms with Crippen LogP contribution in [0.4, 0.5) is 0 Å². The van der Waals surface area contributed by atoms with Crippen molar-refractivity contribution in [2.45, 2.75) is 29.7 Å². The third kappa shape index (κ3) is 3.05. The molecule has 1 aromatic carbocycles. The summed E-state index contributed by atoms with van der Waals surface area (Å²) in [6.07, 6.45) is 3.56. The Labute approximate surface area is 134 Å². The van der Waals surface area contributed by atoms with E-state index in [0.29, 0.717) is 10.5 Å². The molecule has 5 heteroatoms. The second-order valence-corrected chi connectivity index (χ2v) is 7.19. The van der Waals surface area contributed by atoms with Crippen molar-refractivity contribution in [3.63, 3.8) is 0 Å². The van der Waals surface area contributed by atoms with E-state index in [4.69, 9.17) is 0 Å². The third-order valence-corrected chi connectivity index (χ3v) is 5.16. The maximum Gasteiger partial charge on any atom is 0.254 e. The number of carbonyl (C=O) groups excluding carboxylic acids is 1. The van der Waals surface area contributed by atoms with Crippen LogP contribution in [0, 0.1) is 0 Å². The molecule has 1 aromatic rings. The molecule has 1 amide bonds. The van der Waals surface area contributed by atoms with E-state index in [0.717, 1.165) is 23.9 Å². The van der Waals surface area contributed by atoms with E-state index in [1.165, 1.54) is 6.42 Å². The third-order valence-electron chi connectivity index (χ3n) is 4.30. The number of hydrogen-bond acceptors (Lipinski definition) is 3. The second kappa shape index (κ2) is 6.08. The summed E-state index contributed by atoms with van der Waals surface area (Å²) in [4.78, 5) is 17.3. The number of rotatable bonds is 4. The van der Waals surface area contributed by atoms with Crippen molar-refractivity contribution in [3.8, 4) is 0 Å². The quantitative estimate of drug-likeness (QED) is 0.836. The summed E-state index contributed by atoms with van der Waals surface area (Å²) in [5, 5.41) is 0. The molecule has 0 bridgehead atoms. The molecule has 0 aliphatic heterocycles. The van der Waals surface area contributed by atoms with E-state index >= 15 is 0 Å². The average molecular weight is 357 g/mol. The van der Waals surface area contributed by atoms with Crippen molar-refractivity contribution in [3.05, 3.63) is 28.2 Å². The van der Waals surface area contributed by atoms with Crippen molar-refractivity contribution in [1.29, 1.82) is 0 Å². The van der Waals surface area contributed by atoms with Crippen molar-refractivity contribution in [1.82, 2.24) is 9.80 Å². The first-order valence-electron chi connectivity index (χ1n) is 6.77. The number of halogens is 1. The van der Waals surface area contributed by atoms with Crippen LogP contribution in [0.3, 0.4) is 0 Å². The zero-order valence-electron chi connectivity index (χ0n) is 12.2. The van der Waals surface area contributed by atoms with Crippen LogP contribution in [-0.2, 0) is 0 Å². The number of amides is 1. The Kier molecular flexibility index (Phi) is 4.82. The molecule has 0 aromatic heterocycles. The lowest BCUT2D eigenvalue weighted by Crippen LogP contribution is -2.57. The minimum absolute atomic E-state index is 0.0376. The molecule has 1 aliphatic carbocycles. The van der Waals surface area contributed by atoms with Crippen LogP contribution in [-0.4, -0.2) is 48.9 Å². The van der Waals surface area contributed by atoms with Gasteiger partial charge < -0.3 is 9.80 Å². The molecule has 0 N–H and O–H groups in total. The van der Waals surface area contributed by atoms with E-state index in [2.05, 4.69) is 47.6 Å². The lowest BCUT2D eigenvalue weighted by molar-refractivity contribution is 0.0251. The molecule has 0 radical (unpaired) electrons. The summed E-state index contributed by atoms with van der Waals surface area (Å²) in [6.45, 7) is 0.766. The summed E-state index contributed by atoms with van der Waals surface area (Å²) < 4.78 is 0.936. The van der Waals surface area contributed by atoms with Gasteiger partial charge in [0.2, 0.25) is 0 Å². The standard InChI is InChI=1S/C15H21BrN2OS/c1-17(2)15(7-4-8-15)10-18(3)14(19)12-6-5-11(16)9-13(12)20/h5-6,9,20H,4,7-8,10H2,1-3H3. The average Bonchev–Trinajstić information content (AvgIpc) is 2.32. The van der Waals surface area contributed by atoms with Gasteiger partial charge in [-0.3, -0.25) is 4.79 Å². The van der Waals surface area contributed by atoms with Crippen LogP contribution in [0.1, 0.15) is 29.6 Å². The highest BCUT2D eigenvalue weighted by Crippen LogP contribution is 2.37. The maximum absolute atomic E-state index is 12.6. The monoisotopic (exact) mass is 356 g/mol. The molecular formula is C15H21BrN2OS. The summed E-state index contributed by atoms with van der Waals surface area (Å²) >= 11 is 7.79. The molecule has 20 heavy (non-hydrogen) atoms. The molecule has 0 atom stereocenters. The topological polar surface area (TPSA) is 23.6 Å². The van der Waals surface area contributed by atoms with Crippen molar-refractivity contribution >= 4 is 34.5 Å². The summed E-state index contributed by atoms with van der Waals surface area (Å²) in [5.41, 5.74) is 0.809. The predicted octanol–water partition coefficient (Wildman–Crippen LogP) is 3.29. The highest BCUT2D eigenvalue weighted by Gasteiger charge is 2.40. The van der Waals surface area contributed by atoms with Crippen LogP contribution in [0.5, 0.6) is 0 Å². The zero-order chi connectivity index (χ0) is 14.9. The molecule has 3 nitrogen and oxygen atoms in total. The predicted molar refractivity (Wildman–Crippen MR) is 88.6 cm³/mol. The van der Waals surface area contributed by atoms with Gasteiger partial charge in [0.25, 0.3) is 5.91 Å². The number of nitrogens with zero attached hydrogens (tertiary/aromatic N) is 2. The van der Waals surface area contributed by atoms with Crippen LogP contribution in [0.25, 0.3) is 0 Å². The summed E-state index contributed by atoms with van der Waals surface area (Å²) in [6, 6.07) is 5.56. The SMILES string of the molecule is CN(CC1(N(C)C)CCC1)C(=O)c1ccc(Br)cc1S. The number of likely N-dealkylation sites (N-methyl/N-ethyl adjacent to an activating group) is 2. The Morgan fingerprint density at radius 1 is 1.35 bits per heavy atom. The number of thiol groups is 1. The summed E-state index contributed by atoms with van der Waals surface area (Å²) in [7, 11) is 6.07. The van der Waals surface area contributed by atoms with Gasteiger partial charge >= 0.3 is 0 Å². The van der Waals surface area contributed by atoms with Gasteiger partial charge in [-0.05, 0) is 51.6 Å². The first-order chi connectivity index (χ1) is 9.35. The molecule has 110 valence electrons. The molecular weight excluding hydrogens is 336 g/mol.